The lowest BCUT2D eigenvalue weighted by Gasteiger charge is -2.04. The Kier molecular flexibility index (Phi) is 2.60. The summed E-state index contributed by atoms with van der Waals surface area (Å²) in [6.45, 7) is 0. The van der Waals surface area contributed by atoms with Gasteiger partial charge in [-0.25, -0.2) is 5.10 Å². The molecule has 2 heterocycles. The molecule has 0 saturated heterocycles. The number of rotatable bonds is 2. The van der Waals surface area contributed by atoms with Gasteiger partial charge in [0.2, 0.25) is 0 Å². The van der Waals surface area contributed by atoms with Crippen molar-refractivity contribution >= 4 is 22.4 Å². The van der Waals surface area contributed by atoms with E-state index >= 15 is 0 Å². The number of H-pyrrole nitrogens is 1. The molecule has 0 radical (unpaired) electrons. The van der Waals surface area contributed by atoms with Crippen molar-refractivity contribution in [1.82, 2.24) is 10.2 Å². The first-order chi connectivity index (χ1) is 9.24. The molecule has 0 saturated carbocycles. The Labute approximate surface area is 107 Å². The van der Waals surface area contributed by atoms with Crippen molar-refractivity contribution in [2.45, 2.75) is 0 Å². The Morgan fingerprint density at radius 1 is 1.32 bits per heavy atom. The molecule has 2 N–H and O–H groups in total. The fourth-order valence-electron chi connectivity index (χ4n) is 1.76. The van der Waals surface area contributed by atoms with Crippen molar-refractivity contribution in [2.75, 3.05) is 5.32 Å². The van der Waals surface area contributed by atoms with Gasteiger partial charge in [0.25, 0.3) is 11.5 Å². The minimum Gasteiger partial charge on any atom is -0.459 e. The molecule has 1 aromatic carbocycles. The number of furan rings is 1. The molecule has 0 aliphatic rings. The molecule has 0 atom stereocenters. The van der Waals surface area contributed by atoms with E-state index in [2.05, 4.69) is 15.5 Å². The quantitative estimate of drug-likeness (QED) is 0.730. The fourth-order valence-corrected chi connectivity index (χ4v) is 1.76. The van der Waals surface area contributed by atoms with Gasteiger partial charge in [0.1, 0.15) is 0 Å². The number of hydrogen-bond donors (Lipinski definition) is 2. The first-order valence-corrected chi connectivity index (χ1v) is 5.56. The second-order valence-corrected chi connectivity index (χ2v) is 3.93. The highest BCUT2D eigenvalue weighted by Crippen LogP contribution is 2.16. The van der Waals surface area contributed by atoms with Crippen molar-refractivity contribution in [2.24, 2.45) is 0 Å². The Bertz CT molecular complexity index is 790. The molecule has 0 fully saturated rings. The number of benzene rings is 1. The van der Waals surface area contributed by atoms with Crippen LogP contribution in [-0.2, 0) is 0 Å². The largest absolute Gasteiger partial charge is 0.459 e. The summed E-state index contributed by atoms with van der Waals surface area (Å²) in [7, 11) is 0. The van der Waals surface area contributed by atoms with Crippen molar-refractivity contribution in [3.63, 3.8) is 0 Å². The van der Waals surface area contributed by atoms with Crippen molar-refractivity contribution in [1.29, 1.82) is 0 Å². The van der Waals surface area contributed by atoms with Gasteiger partial charge in [-0.2, -0.15) is 5.10 Å². The van der Waals surface area contributed by atoms with Crippen LogP contribution in [0.3, 0.4) is 0 Å². The van der Waals surface area contributed by atoms with Gasteiger partial charge >= 0.3 is 0 Å². The predicted octanol–water partition coefficient (Wildman–Crippen LogP) is 1.77. The summed E-state index contributed by atoms with van der Waals surface area (Å²) >= 11 is 0. The number of nitrogens with one attached hydrogen (secondary N) is 2. The Balaban J connectivity index is 1.96. The van der Waals surface area contributed by atoms with Gasteiger partial charge in [-0.1, -0.05) is 6.07 Å². The molecule has 94 valence electrons. The standard InChI is InChI=1S/C13H9N3O3/c17-12-10-6-9(4-3-8(10)7-14-16-12)15-13(18)11-2-1-5-19-11/h1-7H,(H,15,18)(H,16,17). The van der Waals surface area contributed by atoms with Crippen LogP contribution in [0.25, 0.3) is 10.8 Å². The fraction of sp³-hybridized carbons (Fsp3) is 0. The van der Waals surface area contributed by atoms with Crippen molar-refractivity contribution in [3.8, 4) is 0 Å². The lowest BCUT2D eigenvalue weighted by atomic mass is 10.2. The molecule has 0 bridgehead atoms. The third-order valence-corrected chi connectivity index (χ3v) is 2.67. The van der Waals surface area contributed by atoms with Gasteiger partial charge in [0.05, 0.1) is 17.8 Å². The first kappa shape index (κ1) is 11.2. The Morgan fingerprint density at radius 3 is 3.00 bits per heavy atom. The predicted molar refractivity (Wildman–Crippen MR) is 69.0 cm³/mol. The normalized spacial score (nSPS) is 10.5. The molecule has 3 aromatic rings. The minimum atomic E-state index is -0.366. The number of carbonyl (C=O) groups excluding carboxylic acids is 1. The smallest absolute Gasteiger partial charge is 0.291 e. The van der Waals surface area contributed by atoms with Crippen LogP contribution in [0, 0.1) is 0 Å². The molecule has 3 rings (SSSR count). The van der Waals surface area contributed by atoms with Crippen LogP contribution in [0.2, 0.25) is 0 Å². The SMILES string of the molecule is O=C(Nc1ccc2cn[nH]c(=O)c2c1)c1ccco1. The highest BCUT2D eigenvalue weighted by atomic mass is 16.3. The van der Waals surface area contributed by atoms with Crippen LogP contribution < -0.4 is 10.9 Å². The number of nitrogens with zero attached hydrogens (tertiary/aromatic N) is 1. The Morgan fingerprint density at radius 2 is 2.21 bits per heavy atom. The van der Waals surface area contributed by atoms with Crippen molar-refractivity contribution < 1.29 is 9.21 Å². The number of fused-ring (bicyclic) bond motifs is 1. The molecule has 6 heteroatoms. The maximum absolute atomic E-state index is 11.8. The average Bonchev–Trinajstić information content (AvgIpc) is 2.94. The van der Waals surface area contributed by atoms with Gasteiger partial charge in [0, 0.05) is 11.1 Å². The molecule has 2 aromatic heterocycles. The highest BCUT2D eigenvalue weighted by Gasteiger charge is 2.09. The maximum atomic E-state index is 11.8. The van der Waals surface area contributed by atoms with E-state index in [9.17, 15) is 9.59 Å². The van der Waals surface area contributed by atoms with Gasteiger partial charge < -0.3 is 9.73 Å². The zero-order valence-corrected chi connectivity index (χ0v) is 9.71. The van der Waals surface area contributed by atoms with Crippen LogP contribution >= 0.6 is 0 Å². The zero-order valence-electron chi connectivity index (χ0n) is 9.71. The number of amides is 1. The lowest BCUT2D eigenvalue weighted by molar-refractivity contribution is 0.0996. The van der Waals surface area contributed by atoms with E-state index in [4.69, 9.17) is 4.42 Å². The van der Waals surface area contributed by atoms with Crippen LogP contribution in [0.15, 0.2) is 52.0 Å². The second-order valence-electron chi connectivity index (χ2n) is 3.93. The van der Waals surface area contributed by atoms with Gasteiger partial charge in [0.15, 0.2) is 5.76 Å². The van der Waals surface area contributed by atoms with E-state index in [1.165, 1.54) is 6.26 Å². The van der Waals surface area contributed by atoms with E-state index in [0.29, 0.717) is 16.5 Å². The molecule has 19 heavy (non-hydrogen) atoms. The van der Waals surface area contributed by atoms with Crippen molar-refractivity contribution in [3.05, 3.63) is 58.9 Å². The third-order valence-electron chi connectivity index (χ3n) is 2.67. The molecule has 0 spiro atoms. The number of aromatic nitrogens is 2. The van der Waals surface area contributed by atoms with E-state index in [0.717, 1.165) is 0 Å². The molecule has 0 aliphatic heterocycles. The minimum absolute atomic E-state index is 0.212. The summed E-state index contributed by atoms with van der Waals surface area (Å²) in [5.41, 5.74) is 0.220. The lowest BCUT2D eigenvalue weighted by Crippen LogP contribution is -2.12. The van der Waals surface area contributed by atoms with Crippen LogP contribution in [-0.4, -0.2) is 16.1 Å². The summed E-state index contributed by atoms with van der Waals surface area (Å²) in [6, 6.07) is 8.20. The summed E-state index contributed by atoms with van der Waals surface area (Å²) in [5.74, 6) is -0.154. The van der Waals surface area contributed by atoms with E-state index in [1.54, 1.807) is 36.5 Å². The van der Waals surface area contributed by atoms with Crippen LogP contribution in [0.4, 0.5) is 5.69 Å². The summed E-state index contributed by atoms with van der Waals surface area (Å²) in [6.07, 6.45) is 2.97. The molecule has 6 nitrogen and oxygen atoms in total. The Hall–Kier alpha value is -2.89. The highest BCUT2D eigenvalue weighted by molar-refractivity contribution is 6.03. The summed E-state index contributed by atoms with van der Waals surface area (Å²) in [5, 5.41) is 9.88. The maximum Gasteiger partial charge on any atom is 0.291 e. The molecular weight excluding hydrogens is 246 g/mol. The summed E-state index contributed by atoms with van der Waals surface area (Å²) in [4.78, 5) is 23.4. The molecule has 1 amide bonds. The zero-order chi connectivity index (χ0) is 13.2. The molecule has 0 aliphatic carbocycles. The van der Waals surface area contributed by atoms with Crippen LogP contribution in [0.1, 0.15) is 10.6 Å². The third kappa shape index (κ3) is 2.11. The number of hydrogen-bond acceptors (Lipinski definition) is 4. The molecule has 0 unspecified atom stereocenters. The number of anilines is 1. The van der Waals surface area contributed by atoms with E-state index < -0.39 is 0 Å². The number of carbonyl (C=O) groups is 1. The average molecular weight is 255 g/mol. The second kappa shape index (κ2) is 4.41. The van der Waals surface area contributed by atoms with Gasteiger partial charge in [-0.15, -0.1) is 0 Å². The number of aromatic amines is 1. The molecular formula is C13H9N3O3. The summed E-state index contributed by atoms with van der Waals surface area (Å²) < 4.78 is 4.99. The first-order valence-electron chi connectivity index (χ1n) is 5.56. The van der Waals surface area contributed by atoms with Gasteiger partial charge in [-0.05, 0) is 24.3 Å². The van der Waals surface area contributed by atoms with E-state index in [1.807, 2.05) is 0 Å². The monoisotopic (exact) mass is 255 g/mol. The topological polar surface area (TPSA) is 88.0 Å². The van der Waals surface area contributed by atoms with E-state index in [-0.39, 0.29) is 17.2 Å². The van der Waals surface area contributed by atoms with Crippen LogP contribution in [0.5, 0.6) is 0 Å². The van der Waals surface area contributed by atoms with Gasteiger partial charge in [-0.3, -0.25) is 9.59 Å².